The van der Waals surface area contributed by atoms with E-state index in [1.54, 1.807) is 6.92 Å². The van der Waals surface area contributed by atoms with Crippen LogP contribution in [0, 0.1) is 0 Å². The molecular weight excluding hydrogens is 278 g/mol. The summed E-state index contributed by atoms with van der Waals surface area (Å²) in [5, 5.41) is 0. The molecule has 1 aliphatic rings. The van der Waals surface area contributed by atoms with Crippen LogP contribution < -0.4 is 0 Å². The van der Waals surface area contributed by atoms with Gasteiger partial charge in [0.2, 0.25) is 5.91 Å². The van der Waals surface area contributed by atoms with Crippen LogP contribution in [0.25, 0.3) is 0 Å². The highest BCUT2D eigenvalue weighted by molar-refractivity contribution is 7.91. The van der Waals surface area contributed by atoms with Gasteiger partial charge in [-0.3, -0.25) is 14.5 Å². The monoisotopic (exact) mass is 295 g/mol. The highest BCUT2D eigenvalue weighted by Crippen LogP contribution is 2.17. The zero-order valence-electron chi connectivity index (χ0n) is 11.3. The molecule has 1 fully saturated rings. The normalized spacial score (nSPS) is 16.2. The maximum absolute atomic E-state index is 12.2. The third kappa shape index (κ3) is 2.90. The maximum Gasteiger partial charge on any atom is 0.260 e. The maximum atomic E-state index is 12.2. The molecule has 20 heavy (non-hydrogen) atoms. The molecule has 0 saturated carbocycles. The first-order chi connectivity index (χ1) is 9.45. The van der Waals surface area contributed by atoms with Crippen molar-refractivity contribution in [1.29, 1.82) is 0 Å². The van der Waals surface area contributed by atoms with Crippen LogP contribution in [0.5, 0.6) is 0 Å². The van der Waals surface area contributed by atoms with E-state index in [2.05, 4.69) is 0 Å². The molecule has 0 aromatic heterocycles. The quantitative estimate of drug-likeness (QED) is 0.795. The Bertz CT molecular complexity index is 619. The second-order valence-corrected chi connectivity index (χ2v) is 7.01. The number of hydrogen-bond donors (Lipinski definition) is 0. The van der Waals surface area contributed by atoms with Gasteiger partial charge in [-0.1, -0.05) is 6.92 Å². The van der Waals surface area contributed by atoms with E-state index in [-0.39, 0.29) is 22.5 Å². The summed E-state index contributed by atoms with van der Waals surface area (Å²) in [6.45, 7) is 2.01. The molecule has 0 spiro atoms. The Hall–Kier alpha value is -1.69. The van der Waals surface area contributed by atoms with E-state index >= 15 is 0 Å². The number of piperidine rings is 1. The summed E-state index contributed by atoms with van der Waals surface area (Å²) in [5.41, 5.74) is 0.343. The molecule has 1 aliphatic heterocycles. The van der Waals surface area contributed by atoms with Gasteiger partial charge in [0.1, 0.15) is 0 Å². The molecule has 2 rings (SSSR count). The fourth-order valence-corrected chi connectivity index (χ4v) is 3.03. The third-order valence-corrected chi connectivity index (χ3v) is 5.16. The zero-order valence-corrected chi connectivity index (χ0v) is 12.1. The predicted octanol–water partition coefficient (Wildman–Crippen LogP) is 1.63. The van der Waals surface area contributed by atoms with Crippen molar-refractivity contribution in [2.24, 2.45) is 0 Å². The zero-order chi connectivity index (χ0) is 14.8. The first kappa shape index (κ1) is 14.7. The molecule has 1 heterocycles. The van der Waals surface area contributed by atoms with Crippen molar-refractivity contribution in [3.05, 3.63) is 29.8 Å². The Morgan fingerprint density at radius 3 is 2.40 bits per heavy atom. The molecule has 0 atom stereocenters. The lowest BCUT2D eigenvalue weighted by atomic mass is 10.1. The Morgan fingerprint density at radius 2 is 1.85 bits per heavy atom. The van der Waals surface area contributed by atoms with Gasteiger partial charge in [0.05, 0.1) is 10.6 Å². The van der Waals surface area contributed by atoms with Crippen molar-refractivity contribution in [3.63, 3.8) is 0 Å². The smallest absolute Gasteiger partial charge is 0.260 e. The van der Waals surface area contributed by atoms with Crippen molar-refractivity contribution < 1.29 is 18.0 Å². The van der Waals surface area contributed by atoms with Gasteiger partial charge < -0.3 is 0 Å². The van der Waals surface area contributed by atoms with Crippen molar-refractivity contribution in [3.8, 4) is 0 Å². The minimum absolute atomic E-state index is 0.0188. The summed E-state index contributed by atoms with van der Waals surface area (Å²) in [4.78, 5) is 25.3. The van der Waals surface area contributed by atoms with Crippen molar-refractivity contribution in [2.45, 2.75) is 31.1 Å². The second kappa shape index (κ2) is 5.75. The van der Waals surface area contributed by atoms with E-state index in [4.69, 9.17) is 0 Å². The first-order valence-electron chi connectivity index (χ1n) is 6.63. The van der Waals surface area contributed by atoms with E-state index in [1.807, 2.05) is 0 Å². The van der Waals surface area contributed by atoms with Crippen LogP contribution in [-0.2, 0) is 14.6 Å². The van der Waals surface area contributed by atoms with Gasteiger partial charge in [-0.25, -0.2) is 8.42 Å². The summed E-state index contributed by atoms with van der Waals surface area (Å²) in [7, 11) is -3.27. The van der Waals surface area contributed by atoms with Gasteiger partial charge in [0.25, 0.3) is 5.91 Å². The lowest BCUT2D eigenvalue weighted by Gasteiger charge is -2.24. The molecule has 108 valence electrons. The van der Waals surface area contributed by atoms with E-state index in [0.29, 0.717) is 18.5 Å². The average Bonchev–Trinajstić information content (AvgIpc) is 2.47. The summed E-state index contributed by atoms with van der Waals surface area (Å²) in [5.74, 6) is -0.494. The average molecular weight is 295 g/mol. The van der Waals surface area contributed by atoms with Crippen molar-refractivity contribution in [2.75, 3.05) is 12.3 Å². The Morgan fingerprint density at radius 1 is 1.20 bits per heavy atom. The Labute approximate surface area is 118 Å². The van der Waals surface area contributed by atoms with Gasteiger partial charge in [0, 0.05) is 18.5 Å². The van der Waals surface area contributed by atoms with Crippen LogP contribution in [0.2, 0.25) is 0 Å². The molecule has 0 N–H and O–H groups in total. The van der Waals surface area contributed by atoms with Gasteiger partial charge in [-0.15, -0.1) is 0 Å². The van der Waals surface area contributed by atoms with Crippen molar-refractivity contribution >= 4 is 21.7 Å². The number of imide groups is 1. The number of benzene rings is 1. The highest BCUT2D eigenvalue weighted by atomic mass is 32.2. The SMILES string of the molecule is CCS(=O)(=O)c1ccc(C(=O)N2CCCCC2=O)cc1. The number of sulfone groups is 1. The molecule has 5 nitrogen and oxygen atoms in total. The van der Waals surface area contributed by atoms with Crippen LogP contribution in [0.15, 0.2) is 29.2 Å². The molecule has 6 heteroatoms. The van der Waals surface area contributed by atoms with E-state index < -0.39 is 9.84 Å². The van der Waals surface area contributed by atoms with E-state index in [9.17, 15) is 18.0 Å². The van der Waals surface area contributed by atoms with Crippen LogP contribution in [0.4, 0.5) is 0 Å². The van der Waals surface area contributed by atoms with E-state index in [1.165, 1.54) is 29.2 Å². The fraction of sp³-hybridized carbons (Fsp3) is 0.429. The van der Waals surface area contributed by atoms with E-state index in [0.717, 1.165) is 12.8 Å². The summed E-state index contributed by atoms with van der Waals surface area (Å²) in [6.07, 6.45) is 2.03. The van der Waals surface area contributed by atoms with Crippen LogP contribution in [0.1, 0.15) is 36.5 Å². The minimum Gasteiger partial charge on any atom is -0.279 e. The molecule has 1 saturated heterocycles. The lowest BCUT2D eigenvalue weighted by Crippen LogP contribution is -2.40. The summed E-state index contributed by atoms with van der Waals surface area (Å²) in [6, 6.07) is 5.76. The minimum atomic E-state index is -3.27. The molecule has 0 unspecified atom stereocenters. The second-order valence-electron chi connectivity index (χ2n) is 4.74. The van der Waals surface area contributed by atoms with Crippen LogP contribution in [0.3, 0.4) is 0 Å². The van der Waals surface area contributed by atoms with Gasteiger partial charge in [-0.05, 0) is 37.1 Å². The molecule has 0 radical (unpaired) electrons. The topological polar surface area (TPSA) is 71.5 Å². The van der Waals surface area contributed by atoms with Crippen LogP contribution in [-0.4, -0.2) is 37.4 Å². The number of carbonyl (C=O) groups excluding carboxylic acids is 2. The van der Waals surface area contributed by atoms with Gasteiger partial charge >= 0.3 is 0 Å². The summed E-state index contributed by atoms with van der Waals surface area (Å²) >= 11 is 0. The van der Waals surface area contributed by atoms with Crippen molar-refractivity contribution in [1.82, 2.24) is 4.90 Å². The van der Waals surface area contributed by atoms with Gasteiger partial charge in [0.15, 0.2) is 9.84 Å². The molecule has 2 amide bonds. The van der Waals surface area contributed by atoms with Crippen LogP contribution >= 0.6 is 0 Å². The number of rotatable bonds is 3. The number of nitrogens with zero attached hydrogens (tertiary/aromatic N) is 1. The number of likely N-dealkylation sites (tertiary alicyclic amines) is 1. The molecule has 0 aliphatic carbocycles. The number of amides is 2. The predicted molar refractivity (Wildman–Crippen MR) is 74.1 cm³/mol. The molecular formula is C14H17NO4S. The fourth-order valence-electron chi connectivity index (χ4n) is 2.15. The highest BCUT2D eigenvalue weighted by Gasteiger charge is 2.25. The first-order valence-corrected chi connectivity index (χ1v) is 8.28. The number of hydrogen-bond acceptors (Lipinski definition) is 4. The molecule has 0 bridgehead atoms. The lowest BCUT2D eigenvalue weighted by molar-refractivity contribution is -0.130. The summed E-state index contributed by atoms with van der Waals surface area (Å²) < 4.78 is 23.4. The Balaban J connectivity index is 2.22. The number of carbonyl (C=O) groups is 2. The Kier molecular flexibility index (Phi) is 4.23. The van der Waals surface area contributed by atoms with Gasteiger partial charge in [-0.2, -0.15) is 0 Å². The molecule has 1 aromatic carbocycles. The standard InChI is InChI=1S/C14H17NO4S/c1-2-20(18,19)12-8-6-11(7-9-12)14(17)15-10-4-3-5-13(15)16/h6-9H,2-5,10H2,1H3. The molecule has 1 aromatic rings. The largest absolute Gasteiger partial charge is 0.279 e. The third-order valence-electron chi connectivity index (χ3n) is 3.41.